The van der Waals surface area contributed by atoms with Crippen molar-refractivity contribution in [1.29, 1.82) is 0 Å². The second kappa shape index (κ2) is 4.93. The van der Waals surface area contributed by atoms with Gasteiger partial charge in [-0.25, -0.2) is 0 Å². The maximum Gasteiger partial charge on any atom is 0.246 e. The zero-order valence-corrected chi connectivity index (χ0v) is 9.46. The zero-order valence-electron chi connectivity index (χ0n) is 9.46. The molecule has 84 valence electrons. The minimum absolute atomic E-state index is 0.0632. The summed E-state index contributed by atoms with van der Waals surface area (Å²) in [6, 6.07) is -0.112. The lowest BCUT2D eigenvalue weighted by Crippen LogP contribution is -2.30. The molecule has 0 bridgehead atoms. The zero-order chi connectivity index (χ0) is 11.4. The molecule has 0 aromatic carbocycles. The minimum atomic E-state index is -0.148. The Labute approximate surface area is 88.8 Å². The fraction of sp³-hybridized carbons (Fsp3) is 0.600. The van der Waals surface area contributed by atoms with Gasteiger partial charge in [-0.2, -0.15) is 0 Å². The van der Waals surface area contributed by atoms with Crippen LogP contribution in [0.25, 0.3) is 0 Å². The van der Waals surface area contributed by atoms with Crippen molar-refractivity contribution >= 4 is 5.91 Å². The van der Waals surface area contributed by atoms with Crippen molar-refractivity contribution in [2.24, 2.45) is 0 Å². The molecule has 0 spiro atoms. The van der Waals surface area contributed by atoms with Crippen molar-refractivity contribution in [1.82, 2.24) is 10.5 Å². The molecule has 1 amide bonds. The molecule has 0 radical (unpaired) electrons. The van der Waals surface area contributed by atoms with E-state index >= 15 is 0 Å². The smallest absolute Gasteiger partial charge is 0.246 e. The topological polar surface area (TPSA) is 64.4 Å². The normalized spacial score (nSPS) is 12.5. The van der Waals surface area contributed by atoms with Gasteiger partial charge in [0.25, 0.3) is 0 Å². The summed E-state index contributed by atoms with van der Waals surface area (Å²) in [5, 5.41) is 6.63. The van der Waals surface area contributed by atoms with Crippen LogP contribution in [-0.2, 0) is 9.53 Å². The van der Waals surface area contributed by atoms with Gasteiger partial charge in [0.2, 0.25) is 5.91 Å². The standard InChI is InChI=1S/C10H16N2O3/c1-6(11-9(13)5-14-4)10-7(2)12-15-8(10)3/h6H,5H2,1-4H3,(H,11,13). The van der Waals surface area contributed by atoms with Crippen LogP contribution in [0, 0.1) is 13.8 Å². The number of nitrogens with one attached hydrogen (secondary N) is 1. The molecule has 1 rings (SSSR count). The molecular weight excluding hydrogens is 196 g/mol. The van der Waals surface area contributed by atoms with Crippen molar-refractivity contribution in [3.05, 3.63) is 17.0 Å². The Morgan fingerprint density at radius 1 is 1.60 bits per heavy atom. The number of nitrogens with zero attached hydrogens (tertiary/aromatic N) is 1. The monoisotopic (exact) mass is 212 g/mol. The number of hydrogen-bond donors (Lipinski definition) is 1. The van der Waals surface area contributed by atoms with Crippen LogP contribution in [0.5, 0.6) is 0 Å². The van der Waals surface area contributed by atoms with Crippen LogP contribution in [0.2, 0.25) is 0 Å². The SMILES string of the molecule is COCC(=O)NC(C)c1c(C)noc1C. The number of aromatic nitrogens is 1. The third-order valence-corrected chi connectivity index (χ3v) is 2.17. The quantitative estimate of drug-likeness (QED) is 0.812. The van der Waals surface area contributed by atoms with E-state index in [-0.39, 0.29) is 18.6 Å². The lowest BCUT2D eigenvalue weighted by atomic mass is 10.1. The van der Waals surface area contributed by atoms with Crippen LogP contribution in [-0.4, -0.2) is 24.8 Å². The van der Waals surface area contributed by atoms with Gasteiger partial charge in [0.15, 0.2) is 0 Å². The van der Waals surface area contributed by atoms with E-state index in [9.17, 15) is 4.79 Å². The van der Waals surface area contributed by atoms with Crippen molar-refractivity contribution in [3.63, 3.8) is 0 Å². The number of carbonyl (C=O) groups is 1. The number of aryl methyl sites for hydroxylation is 2. The molecule has 0 saturated heterocycles. The van der Waals surface area contributed by atoms with E-state index in [4.69, 9.17) is 9.26 Å². The second-order valence-electron chi connectivity index (χ2n) is 3.46. The number of amides is 1. The molecule has 1 N–H and O–H groups in total. The Bertz CT molecular complexity index is 327. The Morgan fingerprint density at radius 2 is 2.27 bits per heavy atom. The largest absolute Gasteiger partial charge is 0.375 e. The Morgan fingerprint density at radius 3 is 2.73 bits per heavy atom. The van der Waals surface area contributed by atoms with Crippen molar-refractivity contribution in [2.45, 2.75) is 26.8 Å². The average molecular weight is 212 g/mol. The van der Waals surface area contributed by atoms with Crippen LogP contribution in [0.4, 0.5) is 0 Å². The first-order valence-electron chi connectivity index (χ1n) is 4.77. The van der Waals surface area contributed by atoms with Gasteiger partial charge in [-0.05, 0) is 20.8 Å². The molecule has 5 nitrogen and oxygen atoms in total. The lowest BCUT2D eigenvalue weighted by molar-refractivity contribution is -0.125. The van der Waals surface area contributed by atoms with Crippen LogP contribution in [0.1, 0.15) is 30.0 Å². The summed E-state index contributed by atoms with van der Waals surface area (Å²) in [6.07, 6.45) is 0. The molecule has 0 aliphatic rings. The molecule has 1 aromatic heterocycles. The fourth-order valence-electron chi connectivity index (χ4n) is 1.59. The first-order valence-corrected chi connectivity index (χ1v) is 4.77. The number of methoxy groups -OCH3 is 1. The summed E-state index contributed by atoms with van der Waals surface area (Å²) < 4.78 is 9.76. The fourth-order valence-corrected chi connectivity index (χ4v) is 1.59. The van der Waals surface area contributed by atoms with E-state index in [1.54, 1.807) is 0 Å². The number of ether oxygens (including phenoxy) is 1. The molecule has 1 heterocycles. The second-order valence-corrected chi connectivity index (χ2v) is 3.46. The van der Waals surface area contributed by atoms with Gasteiger partial charge in [0.05, 0.1) is 11.7 Å². The Kier molecular flexibility index (Phi) is 3.85. The number of hydrogen-bond acceptors (Lipinski definition) is 4. The van der Waals surface area contributed by atoms with E-state index in [0.29, 0.717) is 0 Å². The van der Waals surface area contributed by atoms with Gasteiger partial charge < -0.3 is 14.6 Å². The Hall–Kier alpha value is -1.36. The highest BCUT2D eigenvalue weighted by molar-refractivity contribution is 5.77. The van der Waals surface area contributed by atoms with E-state index in [1.165, 1.54) is 7.11 Å². The maximum atomic E-state index is 11.3. The van der Waals surface area contributed by atoms with Crippen LogP contribution >= 0.6 is 0 Å². The molecule has 0 saturated carbocycles. The molecule has 15 heavy (non-hydrogen) atoms. The summed E-state index contributed by atoms with van der Waals surface area (Å²) in [7, 11) is 1.49. The molecule has 1 atom stereocenters. The van der Waals surface area contributed by atoms with Crippen LogP contribution < -0.4 is 5.32 Å². The van der Waals surface area contributed by atoms with Gasteiger partial charge in [-0.15, -0.1) is 0 Å². The third kappa shape index (κ3) is 2.79. The van der Waals surface area contributed by atoms with E-state index in [1.807, 2.05) is 20.8 Å². The molecule has 1 aromatic rings. The molecule has 1 unspecified atom stereocenters. The Balaban J connectivity index is 2.68. The maximum absolute atomic E-state index is 11.3. The van der Waals surface area contributed by atoms with Crippen LogP contribution in [0.15, 0.2) is 4.52 Å². The van der Waals surface area contributed by atoms with Gasteiger partial charge in [-0.1, -0.05) is 5.16 Å². The predicted octanol–water partition coefficient (Wildman–Crippen LogP) is 1.12. The molecular formula is C10H16N2O3. The molecule has 5 heteroatoms. The van der Waals surface area contributed by atoms with Crippen molar-refractivity contribution in [3.8, 4) is 0 Å². The van der Waals surface area contributed by atoms with Crippen LogP contribution in [0.3, 0.4) is 0 Å². The van der Waals surface area contributed by atoms with Gasteiger partial charge in [-0.3, -0.25) is 4.79 Å². The third-order valence-electron chi connectivity index (χ3n) is 2.17. The van der Waals surface area contributed by atoms with Gasteiger partial charge >= 0.3 is 0 Å². The minimum Gasteiger partial charge on any atom is -0.375 e. The number of rotatable bonds is 4. The van der Waals surface area contributed by atoms with Gasteiger partial charge in [0, 0.05) is 12.7 Å². The van der Waals surface area contributed by atoms with E-state index < -0.39 is 0 Å². The first-order chi connectivity index (χ1) is 7.06. The first kappa shape index (κ1) is 11.7. The highest BCUT2D eigenvalue weighted by Gasteiger charge is 2.17. The van der Waals surface area contributed by atoms with Crippen molar-refractivity contribution < 1.29 is 14.1 Å². The average Bonchev–Trinajstić information content (AvgIpc) is 2.46. The van der Waals surface area contributed by atoms with Crippen molar-refractivity contribution in [2.75, 3.05) is 13.7 Å². The van der Waals surface area contributed by atoms with Gasteiger partial charge in [0.1, 0.15) is 12.4 Å². The number of carbonyl (C=O) groups excluding carboxylic acids is 1. The van der Waals surface area contributed by atoms with E-state index in [0.717, 1.165) is 17.0 Å². The summed E-state index contributed by atoms with van der Waals surface area (Å²) in [5.41, 5.74) is 1.73. The van der Waals surface area contributed by atoms with E-state index in [2.05, 4.69) is 10.5 Å². The highest BCUT2D eigenvalue weighted by atomic mass is 16.5. The lowest BCUT2D eigenvalue weighted by Gasteiger charge is -2.13. The molecule has 0 aliphatic heterocycles. The summed E-state index contributed by atoms with van der Waals surface area (Å²) in [4.78, 5) is 11.3. The summed E-state index contributed by atoms with van der Waals surface area (Å²) >= 11 is 0. The summed E-state index contributed by atoms with van der Waals surface area (Å²) in [6.45, 7) is 5.63. The summed E-state index contributed by atoms with van der Waals surface area (Å²) in [5.74, 6) is 0.586. The molecule has 0 fully saturated rings. The predicted molar refractivity (Wildman–Crippen MR) is 54.4 cm³/mol. The molecule has 0 aliphatic carbocycles. The highest BCUT2D eigenvalue weighted by Crippen LogP contribution is 2.20.